The average molecular weight is 341 g/mol. The lowest BCUT2D eigenvalue weighted by atomic mass is 10.1. The first-order valence-electron chi connectivity index (χ1n) is 8.34. The van der Waals surface area contributed by atoms with E-state index in [0.717, 1.165) is 36.7 Å². The van der Waals surface area contributed by atoms with Gasteiger partial charge in [0, 0.05) is 50.7 Å². The molecule has 2 aromatic rings. The van der Waals surface area contributed by atoms with Crippen LogP contribution in [0.5, 0.6) is 11.5 Å². The zero-order valence-corrected chi connectivity index (χ0v) is 14.6. The lowest BCUT2D eigenvalue weighted by molar-refractivity contribution is 0.0627. The molecule has 0 N–H and O–H groups in total. The number of carbonyl (C=O) groups excluding carboxylic acids is 1. The molecule has 25 heavy (non-hydrogen) atoms. The van der Waals surface area contributed by atoms with Gasteiger partial charge in [-0.05, 0) is 30.3 Å². The number of amides is 1. The molecule has 1 aromatic carbocycles. The summed E-state index contributed by atoms with van der Waals surface area (Å²) in [6.07, 6.45) is 3.30. The lowest BCUT2D eigenvalue weighted by Gasteiger charge is -2.35. The molecule has 1 amide bonds. The number of hydrogen-bond acceptors (Lipinski definition) is 5. The monoisotopic (exact) mass is 341 g/mol. The number of hydrogen-bond donors (Lipinski definition) is 0. The van der Waals surface area contributed by atoms with Gasteiger partial charge >= 0.3 is 0 Å². The second kappa shape index (κ2) is 7.98. The van der Waals surface area contributed by atoms with Crippen LogP contribution in [0.4, 0.5) is 0 Å². The van der Waals surface area contributed by atoms with Crippen LogP contribution in [0.2, 0.25) is 0 Å². The van der Waals surface area contributed by atoms with Crippen molar-refractivity contribution >= 4 is 5.91 Å². The van der Waals surface area contributed by atoms with Gasteiger partial charge in [-0.1, -0.05) is 0 Å². The highest BCUT2D eigenvalue weighted by Crippen LogP contribution is 2.25. The van der Waals surface area contributed by atoms with Crippen LogP contribution in [-0.2, 0) is 6.54 Å². The van der Waals surface area contributed by atoms with Gasteiger partial charge in [0.2, 0.25) is 0 Å². The zero-order chi connectivity index (χ0) is 17.6. The molecule has 0 bridgehead atoms. The summed E-state index contributed by atoms with van der Waals surface area (Å²) >= 11 is 0. The van der Waals surface area contributed by atoms with Crippen molar-refractivity contribution in [3.8, 4) is 11.5 Å². The minimum absolute atomic E-state index is 0.0479. The van der Waals surface area contributed by atoms with E-state index in [1.54, 1.807) is 32.7 Å². The summed E-state index contributed by atoms with van der Waals surface area (Å²) in [5.74, 6) is 1.72. The average Bonchev–Trinajstić information content (AvgIpc) is 2.68. The molecule has 132 valence electrons. The number of nitrogens with zero attached hydrogens (tertiary/aromatic N) is 3. The maximum Gasteiger partial charge on any atom is 0.255 e. The Labute approximate surface area is 148 Å². The Hall–Kier alpha value is -2.60. The van der Waals surface area contributed by atoms with Gasteiger partial charge in [-0.25, -0.2) is 0 Å². The lowest BCUT2D eigenvalue weighted by Crippen LogP contribution is -2.48. The van der Waals surface area contributed by atoms with Gasteiger partial charge in [0.05, 0.1) is 19.8 Å². The third kappa shape index (κ3) is 4.09. The number of carbonyl (C=O) groups is 1. The predicted molar refractivity (Wildman–Crippen MR) is 95.0 cm³/mol. The number of methoxy groups -OCH3 is 2. The van der Waals surface area contributed by atoms with Gasteiger partial charge < -0.3 is 14.4 Å². The molecule has 2 heterocycles. The van der Waals surface area contributed by atoms with Crippen LogP contribution in [0.3, 0.4) is 0 Å². The summed E-state index contributed by atoms with van der Waals surface area (Å²) in [5.41, 5.74) is 1.74. The molecular weight excluding hydrogens is 318 g/mol. The van der Waals surface area contributed by atoms with Crippen molar-refractivity contribution in [1.29, 1.82) is 0 Å². The van der Waals surface area contributed by atoms with Crippen LogP contribution in [0.15, 0.2) is 42.7 Å². The number of ether oxygens (including phenoxy) is 2. The highest BCUT2D eigenvalue weighted by atomic mass is 16.5. The third-order valence-corrected chi connectivity index (χ3v) is 4.45. The number of pyridine rings is 1. The Balaban J connectivity index is 1.60. The van der Waals surface area contributed by atoms with E-state index in [0.29, 0.717) is 18.7 Å². The van der Waals surface area contributed by atoms with E-state index in [-0.39, 0.29) is 5.91 Å². The highest BCUT2D eigenvalue weighted by Gasteiger charge is 2.23. The minimum Gasteiger partial charge on any atom is -0.497 e. The first-order valence-corrected chi connectivity index (χ1v) is 8.34. The van der Waals surface area contributed by atoms with Crippen molar-refractivity contribution in [2.45, 2.75) is 6.54 Å². The number of rotatable bonds is 5. The van der Waals surface area contributed by atoms with Gasteiger partial charge in [-0.3, -0.25) is 14.7 Å². The molecule has 0 spiro atoms. The fourth-order valence-corrected chi connectivity index (χ4v) is 3.03. The van der Waals surface area contributed by atoms with Crippen molar-refractivity contribution in [3.05, 3.63) is 53.9 Å². The standard InChI is InChI=1S/C19H23N3O3/c1-24-17-5-6-18(25-2)16(12-17)14-21-8-10-22(11-9-21)19(23)15-4-3-7-20-13-15/h3-7,12-13H,8-11,14H2,1-2H3. The SMILES string of the molecule is COc1ccc(OC)c(CN2CCN(C(=O)c3cccnc3)CC2)c1. The Morgan fingerprint density at radius 2 is 1.92 bits per heavy atom. The maximum atomic E-state index is 12.5. The molecule has 3 rings (SSSR count). The van der Waals surface area contributed by atoms with Crippen molar-refractivity contribution in [2.75, 3.05) is 40.4 Å². The Bertz CT molecular complexity index is 713. The summed E-state index contributed by atoms with van der Waals surface area (Å²) in [5, 5.41) is 0. The van der Waals surface area contributed by atoms with Gasteiger partial charge in [0.15, 0.2) is 0 Å². The predicted octanol–water partition coefficient (Wildman–Crippen LogP) is 2.06. The number of aromatic nitrogens is 1. The fourth-order valence-electron chi connectivity index (χ4n) is 3.03. The topological polar surface area (TPSA) is 54.9 Å². The summed E-state index contributed by atoms with van der Waals surface area (Å²) in [7, 11) is 3.34. The van der Waals surface area contributed by atoms with Gasteiger partial charge in [-0.15, -0.1) is 0 Å². The van der Waals surface area contributed by atoms with E-state index in [2.05, 4.69) is 9.88 Å². The van der Waals surface area contributed by atoms with Crippen molar-refractivity contribution < 1.29 is 14.3 Å². The first kappa shape index (κ1) is 17.2. The molecule has 6 heteroatoms. The van der Waals surface area contributed by atoms with E-state index in [4.69, 9.17) is 9.47 Å². The first-order chi connectivity index (χ1) is 12.2. The van der Waals surface area contributed by atoms with Crippen LogP contribution in [-0.4, -0.2) is 61.1 Å². The van der Waals surface area contributed by atoms with Crippen LogP contribution in [0.1, 0.15) is 15.9 Å². The van der Waals surface area contributed by atoms with Gasteiger partial charge in [0.1, 0.15) is 11.5 Å². The summed E-state index contributed by atoms with van der Waals surface area (Å²) < 4.78 is 10.8. The molecule has 1 aliphatic rings. The molecule has 1 saturated heterocycles. The van der Waals surface area contributed by atoms with Crippen molar-refractivity contribution in [2.24, 2.45) is 0 Å². The molecule has 0 aliphatic carbocycles. The number of benzene rings is 1. The normalized spacial score (nSPS) is 15.0. The van der Waals surface area contributed by atoms with Crippen LogP contribution in [0.25, 0.3) is 0 Å². The second-order valence-electron chi connectivity index (χ2n) is 5.99. The van der Waals surface area contributed by atoms with Crippen LogP contribution >= 0.6 is 0 Å². The van der Waals surface area contributed by atoms with Crippen LogP contribution < -0.4 is 9.47 Å². The summed E-state index contributed by atoms with van der Waals surface area (Å²) in [4.78, 5) is 20.7. The molecule has 1 aliphatic heterocycles. The quantitative estimate of drug-likeness (QED) is 0.833. The van der Waals surface area contributed by atoms with E-state index in [1.165, 1.54) is 0 Å². The highest BCUT2D eigenvalue weighted by molar-refractivity contribution is 5.93. The van der Waals surface area contributed by atoms with E-state index < -0.39 is 0 Å². The molecular formula is C19H23N3O3. The van der Waals surface area contributed by atoms with E-state index in [1.807, 2.05) is 29.2 Å². The Morgan fingerprint density at radius 3 is 2.56 bits per heavy atom. The molecule has 6 nitrogen and oxygen atoms in total. The second-order valence-corrected chi connectivity index (χ2v) is 5.99. The molecule has 0 unspecified atom stereocenters. The molecule has 1 aromatic heterocycles. The number of piperazine rings is 1. The largest absolute Gasteiger partial charge is 0.497 e. The molecule has 1 fully saturated rings. The van der Waals surface area contributed by atoms with Crippen LogP contribution in [0, 0.1) is 0 Å². The smallest absolute Gasteiger partial charge is 0.255 e. The van der Waals surface area contributed by atoms with Crippen molar-refractivity contribution in [1.82, 2.24) is 14.8 Å². The summed E-state index contributed by atoms with van der Waals surface area (Å²) in [6, 6.07) is 9.43. The molecule has 0 saturated carbocycles. The third-order valence-electron chi connectivity index (χ3n) is 4.45. The van der Waals surface area contributed by atoms with Crippen molar-refractivity contribution in [3.63, 3.8) is 0 Å². The van der Waals surface area contributed by atoms with E-state index >= 15 is 0 Å². The molecule has 0 radical (unpaired) electrons. The summed E-state index contributed by atoms with van der Waals surface area (Å²) in [6.45, 7) is 3.84. The van der Waals surface area contributed by atoms with Gasteiger partial charge in [0.25, 0.3) is 5.91 Å². The Kier molecular flexibility index (Phi) is 5.50. The van der Waals surface area contributed by atoms with Gasteiger partial charge in [-0.2, -0.15) is 0 Å². The maximum absolute atomic E-state index is 12.5. The Morgan fingerprint density at radius 1 is 1.12 bits per heavy atom. The van der Waals surface area contributed by atoms with E-state index in [9.17, 15) is 4.79 Å². The molecule has 0 atom stereocenters. The fraction of sp³-hybridized carbons (Fsp3) is 0.368. The minimum atomic E-state index is 0.0479. The zero-order valence-electron chi connectivity index (χ0n) is 14.6.